The van der Waals surface area contributed by atoms with Gasteiger partial charge in [-0.25, -0.2) is 4.39 Å². The average Bonchev–Trinajstić information content (AvgIpc) is 3.52. The smallest absolute Gasteiger partial charge is 0.226 e. The third-order valence-corrected chi connectivity index (χ3v) is 5.71. The van der Waals surface area contributed by atoms with Crippen LogP contribution in [0.25, 0.3) is 11.4 Å². The normalized spacial score (nSPS) is 15.5. The summed E-state index contributed by atoms with van der Waals surface area (Å²) in [7, 11) is 1.63. The minimum atomic E-state index is -0.318. The molecule has 7 nitrogen and oxygen atoms in total. The molecule has 1 fully saturated rings. The quantitative estimate of drug-likeness (QED) is 0.452. The lowest BCUT2D eigenvalue weighted by Crippen LogP contribution is -2.37. The summed E-state index contributed by atoms with van der Waals surface area (Å²) in [5, 5.41) is 3.96. The lowest BCUT2D eigenvalue weighted by atomic mass is 10.1. The molecule has 0 spiro atoms. The van der Waals surface area contributed by atoms with Crippen LogP contribution in [0.4, 0.5) is 4.39 Å². The van der Waals surface area contributed by atoms with Gasteiger partial charge in [-0.05, 0) is 49.6 Å². The number of hydrogen-bond acceptors (Lipinski definition) is 6. The molecule has 1 atom stereocenters. The van der Waals surface area contributed by atoms with Crippen molar-refractivity contribution in [2.24, 2.45) is 0 Å². The van der Waals surface area contributed by atoms with Gasteiger partial charge in [0.1, 0.15) is 11.6 Å². The van der Waals surface area contributed by atoms with Gasteiger partial charge in [0.15, 0.2) is 0 Å². The summed E-state index contributed by atoms with van der Waals surface area (Å²) in [6.07, 6.45) is 3.48. The van der Waals surface area contributed by atoms with Gasteiger partial charge in [0.2, 0.25) is 17.6 Å². The molecule has 0 saturated carbocycles. The molecule has 8 heteroatoms. The second-order valence-electron chi connectivity index (χ2n) is 8.09. The molecule has 1 aromatic heterocycles. The molecule has 33 heavy (non-hydrogen) atoms. The Morgan fingerprint density at radius 3 is 2.79 bits per heavy atom. The topological polar surface area (TPSA) is 77.7 Å². The van der Waals surface area contributed by atoms with Crippen molar-refractivity contribution < 1.29 is 23.2 Å². The molecule has 0 bridgehead atoms. The molecule has 1 amide bonds. The lowest BCUT2D eigenvalue weighted by molar-refractivity contribution is -0.133. The monoisotopic (exact) mass is 453 g/mol. The first kappa shape index (κ1) is 22.9. The summed E-state index contributed by atoms with van der Waals surface area (Å²) in [4.78, 5) is 19.3. The van der Waals surface area contributed by atoms with Crippen LogP contribution in [-0.4, -0.2) is 47.3 Å². The van der Waals surface area contributed by atoms with Gasteiger partial charge in [-0.1, -0.05) is 23.4 Å². The number of aryl methyl sites for hydroxylation is 1. The SMILES string of the molecule is COc1ccccc1CN(CC1CCCO1)C(=O)CCCc1nc(-c2ccc(F)cc2)no1. The van der Waals surface area contributed by atoms with Gasteiger partial charge in [-0.3, -0.25) is 4.79 Å². The van der Waals surface area contributed by atoms with Gasteiger partial charge >= 0.3 is 0 Å². The number of ether oxygens (including phenoxy) is 2. The Balaban J connectivity index is 1.35. The number of benzene rings is 2. The van der Waals surface area contributed by atoms with Crippen molar-refractivity contribution in [3.05, 3.63) is 65.8 Å². The van der Waals surface area contributed by atoms with Gasteiger partial charge in [0, 0.05) is 43.7 Å². The van der Waals surface area contributed by atoms with E-state index in [0.717, 1.165) is 30.8 Å². The van der Waals surface area contributed by atoms with Crippen LogP contribution in [0.2, 0.25) is 0 Å². The molecule has 0 aliphatic carbocycles. The number of carbonyl (C=O) groups excluding carboxylic acids is 1. The third kappa shape index (κ3) is 6.16. The number of carbonyl (C=O) groups is 1. The maximum Gasteiger partial charge on any atom is 0.226 e. The molecule has 2 aromatic carbocycles. The summed E-state index contributed by atoms with van der Waals surface area (Å²) in [6.45, 7) is 1.78. The van der Waals surface area contributed by atoms with Gasteiger partial charge in [-0.2, -0.15) is 4.98 Å². The highest BCUT2D eigenvalue weighted by Crippen LogP contribution is 2.22. The molecule has 0 radical (unpaired) electrons. The number of para-hydroxylation sites is 1. The molecule has 4 rings (SSSR count). The minimum Gasteiger partial charge on any atom is -0.496 e. The van der Waals surface area contributed by atoms with Crippen molar-refractivity contribution >= 4 is 5.91 Å². The maximum atomic E-state index is 13.1. The zero-order valence-corrected chi connectivity index (χ0v) is 18.7. The van der Waals surface area contributed by atoms with Crippen LogP contribution >= 0.6 is 0 Å². The van der Waals surface area contributed by atoms with E-state index in [-0.39, 0.29) is 17.8 Å². The Kier molecular flexibility index (Phi) is 7.67. The summed E-state index contributed by atoms with van der Waals surface area (Å²) in [5.74, 6) is 1.36. The van der Waals surface area contributed by atoms with Crippen molar-refractivity contribution in [3.8, 4) is 17.1 Å². The van der Waals surface area contributed by atoms with Crippen molar-refractivity contribution in [1.29, 1.82) is 0 Å². The maximum absolute atomic E-state index is 13.1. The lowest BCUT2D eigenvalue weighted by Gasteiger charge is -2.26. The van der Waals surface area contributed by atoms with Crippen LogP contribution < -0.4 is 4.74 Å². The highest BCUT2D eigenvalue weighted by Gasteiger charge is 2.23. The van der Waals surface area contributed by atoms with Gasteiger partial charge in [-0.15, -0.1) is 0 Å². The fourth-order valence-corrected chi connectivity index (χ4v) is 3.95. The number of methoxy groups -OCH3 is 1. The first-order valence-corrected chi connectivity index (χ1v) is 11.2. The largest absolute Gasteiger partial charge is 0.496 e. The average molecular weight is 454 g/mol. The van der Waals surface area contributed by atoms with E-state index in [1.807, 2.05) is 29.2 Å². The number of amides is 1. The van der Waals surface area contributed by atoms with Crippen LogP contribution in [0.3, 0.4) is 0 Å². The number of halogens is 1. The Hall–Kier alpha value is -3.26. The van der Waals surface area contributed by atoms with E-state index in [2.05, 4.69) is 10.1 Å². The summed E-state index contributed by atoms with van der Waals surface area (Å²) < 4.78 is 29.7. The molecule has 0 N–H and O–H groups in total. The van der Waals surface area contributed by atoms with Crippen LogP contribution in [0.5, 0.6) is 5.75 Å². The molecular formula is C25H28FN3O4. The second-order valence-corrected chi connectivity index (χ2v) is 8.09. The summed E-state index contributed by atoms with van der Waals surface area (Å²) >= 11 is 0. The first-order chi connectivity index (χ1) is 16.1. The zero-order chi connectivity index (χ0) is 23.0. The van der Waals surface area contributed by atoms with Crippen molar-refractivity contribution in [2.45, 2.75) is 44.8 Å². The molecule has 1 unspecified atom stereocenters. The fraction of sp³-hybridized carbons (Fsp3) is 0.400. The van der Waals surface area contributed by atoms with Gasteiger partial charge < -0.3 is 18.9 Å². The van der Waals surface area contributed by atoms with E-state index in [9.17, 15) is 9.18 Å². The molecule has 1 aliphatic rings. The second kappa shape index (κ2) is 11.0. The molecular weight excluding hydrogens is 425 g/mol. The predicted octanol–water partition coefficient (Wildman–Crippen LogP) is 4.41. The van der Waals surface area contributed by atoms with Crippen molar-refractivity contribution in [2.75, 3.05) is 20.3 Å². The number of rotatable bonds is 10. The zero-order valence-electron chi connectivity index (χ0n) is 18.7. The number of nitrogens with zero attached hydrogens (tertiary/aromatic N) is 3. The van der Waals surface area contributed by atoms with Crippen LogP contribution in [0, 0.1) is 5.82 Å². The molecule has 1 aliphatic heterocycles. The molecule has 3 aromatic rings. The van der Waals surface area contributed by atoms with Gasteiger partial charge in [0.05, 0.1) is 13.2 Å². The van der Waals surface area contributed by atoms with E-state index >= 15 is 0 Å². The van der Waals surface area contributed by atoms with Crippen LogP contribution in [0.15, 0.2) is 53.1 Å². The Labute approximate surface area is 192 Å². The number of aromatic nitrogens is 2. The third-order valence-electron chi connectivity index (χ3n) is 5.71. The number of hydrogen-bond donors (Lipinski definition) is 0. The fourth-order valence-electron chi connectivity index (χ4n) is 3.95. The van der Waals surface area contributed by atoms with Gasteiger partial charge in [0.25, 0.3) is 0 Å². The van der Waals surface area contributed by atoms with E-state index in [0.29, 0.717) is 49.6 Å². The van der Waals surface area contributed by atoms with Crippen LogP contribution in [-0.2, 0) is 22.5 Å². The Bertz CT molecular complexity index is 1050. The van der Waals surface area contributed by atoms with Crippen molar-refractivity contribution in [1.82, 2.24) is 15.0 Å². The highest BCUT2D eigenvalue weighted by molar-refractivity contribution is 5.76. The van der Waals surface area contributed by atoms with E-state index in [4.69, 9.17) is 14.0 Å². The molecule has 1 saturated heterocycles. The first-order valence-electron chi connectivity index (χ1n) is 11.2. The van der Waals surface area contributed by atoms with E-state index in [1.165, 1.54) is 12.1 Å². The predicted molar refractivity (Wildman–Crippen MR) is 120 cm³/mol. The minimum absolute atomic E-state index is 0.0506. The summed E-state index contributed by atoms with van der Waals surface area (Å²) in [5.41, 5.74) is 1.65. The van der Waals surface area contributed by atoms with Crippen molar-refractivity contribution in [3.63, 3.8) is 0 Å². The Morgan fingerprint density at radius 2 is 2.03 bits per heavy atom. The van der Waals surface area contributed by atoms with Crippen LogP contribution in [0.1, 0.15) is 37.1 Å². The molecule has 174 valence electrons. The summed E-state index contributed by atoms with van der Waals surface area (Å²) in [6, 6.07) is 13.7. The van der Waals surface area contributed by atoms with E-state index in [1.54, 1.807) is 19.2 Å². The highest BCUT2D eigenvalue weighted by atomic mass is 19.1. The Morgan fingerprint density at radius 1 is 1.21 bits per heavy atom. The van der Waals surface area contributed by atoms with E-state index < -0.39 is 0 Å². The molecule has 2 heterocycles. The standard InChI is InChI=1S/C25H28FN3O4/c1-31-22-8-3-2-6-19(22)16-29(17-21-7-5-15-32-21)24(30)10-4-9-23-27-25(28-33-23)18-11-13-20(26)14-12-18/h2-3,6,8,11-14,21H,4-5,7,9-10,15-17H2,1H3.